The lowest BCUT2D eigenvalue weighted by molar-refractivity contribution is 0.0913. The van der Waals surface area contributed by atoms with Crippen LogP contribution in [0.25, 0.3) is 0 Å². The highest BCUT2D eigenvalue weighted by Gasteiger charge is 2.22. The smallest absolute Gasteiger partial charge is 0.162 e. The van der Waals surface area contributed by atoms with Crippen LogP contribution in [0.3, 0.4) is 0 Å². The Morgan fingerprint density at radius 2 is 1.70 bits per heavy atom. The molecular weight excluding hydrogens is 288 g/mol. The van der Waals surface area contributed by atoms with Gasteiger partial charge in [0.1, 0.15) is 6.61 Å². The minimum Gasteiger partial charge on any atom is -0.485 e. The van der Waals surface area contributed by atoms with E-state index in [-0.39, 0.29) is 6.10 Å². The van der Waals surface area contributed by atoms with Gasteiger partial charge in [-0.15, -0.1) is 0 Å². The molecule has 0 saturated carbocycles. The molecular formula is C19H22N2O2. The molecule has 23 heavy (non-hydrogen) atoms. The summed E-state index contributed by atoms with van der Waals surface area (Å²) in [4.78, 5) is 2.49. The van der Waals surface area contributed by atoms with Crippen molar-refractivity contribution in [2.45, 2.75) is 12.6 Å². The number of rotatable bonds is 3. The van der Waals surface area contributed by atoms with Gasteiger partial charge in [0.2, 0.25) is 0 Å². The Balaban J connectivity index is 1.42. The van der Waals surface area contributed by atoms with Crippen LogP contribution in [0, 0.1) is 0 Å². The van der Waals surface area contributed by atoms with Crippen molar-refractivity contribution >= 4 is 0 Å². The van der Waals surface area contributed by atoms with Gasteiger partial charge in [-0.05, 0) is 23.3 Å². The van der Waals surface area contributed by atoms with E-state index >= 15 is 0 Å². The largest absolute Gasteiger partial charge is 0.485 e. The van der Waals surface area contributed by atoms with Crippen molar-refractivity contribution in [2.75, 3.05) is 32.8 Å². The average Bonchev–Trinajstić information content (AvgIpc) is 2.63. The topological polar surface area (TPSA) is 33.7 Å². The zero-order chi connectivity index (χ0) is 15.5. The van der Waals surface area contributed by atoms with Crippen molar-refractivity contribution in [3.8, 4) is 11.5 Å². The average molecular weight is 310 g/mol. The van der Waals surface area contributed by atoms with E-state index in [1.165, 1.54) is 11.1 Å². The summed E-state index contributed by atoms with van der Waals surface area (Å²) in [6.45, 7) is 6.01. The minimum absolute atomic E-state index is 0.0295. The number of fused-ring (bicyclic) bond motifs is 1. The molecule has 2 aromatic carbocycles. The van der Waals surface area contributed by atoms with E-state index in [9.17, 15) is 0 Å². The second-order valence-corrected chi connectivity index (χ2v) is 6.13. The van der Waals surface area contributed by atoms with Gasteiger partial charge < -0.3 is 14.8 Å². The summed E-state index contributed by atoms with van der Waals surface area (Å²) in [6, 6.07) is 16.6. The van der Waals surface area contributed by atoms with E-state index in [2.05, 4.69) is 34.5 Å². The van der Waals surface area contributed by atoms with Crippen LogP contribution in [0.2, 0.25) is 0 Å². The van der Waals surface area contributed by atoms with Crippen molar-refractivity contribution in [3.05, 3.63) is 59.7 Å². The minimum atomic E-state index is -0.0295. The van der Waals surface area contributed by atoms with Crippen LogP contribution in [0.1, 0.15) is 17.2 Å². The number of benzene rings is 2. The molecule has 4 heteroatoms. The number of nitrogens with zero attached hydrogens (tertiary/aromatic N) is 1. The Hall–Kier alpha value is -2.04. The summed E-state index contributed by atoms with van der Waals surface area (Å²) < 4.78 is 11.9. The highest BCUT2D eigenvalue weighted by molar-refractivity contribution is 5.41. The Morgan fingerprint density at radius 3 is 2.48 bits per heavy atom. The molecule has 2 aliphatic rings. The number of hydrogen-bond donors (Lipinski definition) is 1. The molecule has 4 rings (SSSR count). The second-order valence-electron chi connectivity index (χ2n) is 6.13. The fourth-order valence-corrected chi connectivity index (χ4v) is 3.15. The predicted molar refractivity (Wildman–Crippen MR) is 89.9 cm³/mol. The fourth-order valence-electron chi connectivity index (χ4n) is 3.15. The predicted octanol–water partition coefficient (Wildman–Crippen LogP) is 2.60. The molecule has 1 atom stereocenters. The molecule has 1 unspecified atom stereocenters. The molecule has 0 radical (unpaired) electrons. The van der Waals surface area contributed by atoms with E-state index in [1.807, 2.05) is 24.3 Å². The maximum atomic E-state index is 6.06. The summed E-state index contributed by atoms with van der Waals surface area (Å²) in [5.41, 5.74) is 2.52. The molecule has 1 fully saturated rings. The summed E-state index contributed by atoms with van der Waals surface area (Å²) in [5.74, 6) is 1.66. The first-order chi connectivity index (χ1) is 11.4. The van der Waals surface area contributed by atoms with Gasteiger partial charge in [-0.25, -0.2) is 0 Å². The summed E-state index contributed by atoms with van der Waals surface area (Å²) in [5, 5.41) is 3.39. The molecule has 120 valence electrons. The van der Waals surface area contributed by atoms with Gasteiger partial charge in [0.25, 0.3) is 0 Å². The molecule has 0 aliphatic carbocycles. The molecule has 2 heterocycles. The Bertz CT molecular complexity index is 651. The van der Waals surface area contributed by atoms with E-state index in [1.54, 1.807) is 0 Å². The zero-order valence-electron chi connectivity index (χ0n) is 13.2. The van der Waals surface area contributed by atoms with Crippen LogP contribution >= 0.6 is 0 Å². The Kier molecular flexibility index (Phi) is 4.18. The molecule has 0 amide bonds. The lowest BCUT2D eigenvalue weighted by Crippen LogP contribution is -2.42. The number of hydrogen-bond acceptors (Lipinski definition) is 4. The third-order valence-electron chi connectivity index (χ3n) is 4.48. The number of para-hydroxylation sites is 2. The van der Waals surface area contributed by atoms with Gasteiger partial charge >= 0.3 is 0 Å². The lowest BCUT2D eigenvalue weighted by atomic mass is 10.1. The number of piperazine rings is 1. The monoisotopic (exact) mass is 310 g/mol. The molecule has 1 N–H and O–H groups in total. The SMILES string of the molecule is c1ccc2c(c1)OCC(c1ccc(CN3CCNCC3)cc1)O2. The fraction of sp³-hybridized carbons (Fsp3) is 0.368. The van der Waals surface area contributed by atoms with Gasteiger partial charge in [-0.2, -0.15) is 0 Å². The molecule has 2 aromatic rings. The van der Waals surface area contributed by atoms with E-state index in [0.717, 1.165) is 44.2 Å². The van der Waals surface area contributed by atoms with Gasteiger partial charge in [-0.3, -0.25) is 4.90 Å². The normalized spacial score (nSPS) is 21.1. The third kappa shape index (κ3) is 3.33. The molecule has 0 aromatic heterocycles. The van der Waals surface area contributed by atoms with E-state index in [4.69, 9.17) is 9.47 Å². The van der Waals surface area contributed by atoms with E-state index < -0.39 is 0 Å². The summed E-state index contributed by atoms with van der Waals surface area (Å²) in [6.07, 6.45) is -0.0295. The summed E-state index contributed by atoms with van der Waals surface area (Å²) >= 11 is 0. The molecule has 2 aliphatic heterocycles. The van der Waals surface area contributed by atoms with Crippen LogP contribution in [0.4, 0.5) is 0 Å². The van der Waals surface area contributed by atoms with Crippen LogP contribution in [0.5, 0.6) is 11.5 Å². The first kappa shape index (κ1) is 14.5. The van der Waals surface area contributed by atoms with Gasteiger partial charge in [0.15, 0.2) is 17.6 Å². The summed E-state index contributed by atoms with van der Waals surface area (Å²) in [7, 11) is 0. The first-order valence-corrected chi connectivity index (χ1v) is 8.29. The third-order valence-corrected chi connectivity index (χ3v) is 4.48. The van der Waals surface area contributed by atoms with Crippen molar-refractivity contribution in [3.63, 3.8) is 0 Å². The Labute approximate surface area is 137 Å². The number of nitrogens with one attached hydrogen (secondary N) is 1. The lowest BCUT2D eigenvalue weighted by Gasteiger charge is -2.28. The standard InChI is InChI=1S/C19H22N2O2/c1-2-4-18-17(3-1)22-14-19(23-18)16-7-5-15(6-8-16)13-21-11-9-20-10-12-21/h1-8,19-20H,9-14H2. The molecule has 0 bridgehead atoms. The highest BCUT2D eigenvalue weighted by Crippen LogP contribution is 2.35. The van der Waals surface area contributed by atoms with Crippen molar-refractivity contribution < 1.29 is 9.47 Å². The van der Waals surface area contributed by atoms with Gasteiger partial charge in [0.05, 0.1) is 0 Å². The van der Waals surface area contributed by atoms with Crippen LogP contribution in [-0.4, -0.2) is 37.7 Å². The van der Waals surface area contributed by atoms with E-state index in [0.29, 0.717) is 6.61 Å². The molecule has 4 nitrogen and oxygen atoms in total. The molecule has 1 saturated heterocycles. The number of ether oxygens (including phenoxy) is 2. The first-order valence-electron chi connectivity index (χ1n) is 8.29. The van der Waals surface area contributed by atoms with Gasteiger partial charge in [0, 0.05) is 32.7 Å². The van der Waals surface area contributed by atoms with Crippen molar-refractivity contribution in [1.29, 1.82) is 0 Å². The maximum absolute atomic E-state index is 6.06. The van der Waals surface area contributed by atoms with Crippen LogP contribution in [-0.2, 0) is 6.54 Å². The van der Waals surface area contributed by atoms with Crippen molar-refractivity contribution in [1.82, 2.24) is 10.2 Å². The van der Waals surface area contributed by atoms with Crippen LogP contribution in [0.15, 0.2) is 48.5 Å². The maximum Gasteiger partial charge on any atom is 0.162 e. The van der Waals surface area contributed by atoms with Gasteiger partial charge in [-0.1, -0.05) is 36.4 Å². The zero-order valence-corrected chi connectivity index (χ0v) is 13.2. The van der Waals surface area contributed by atoms with Crippen LogP contribution < -0.4 is 14.8 Å². The van der Waals surface area contributed by atoms with Crippen molar-refractivity contribution in [2.24, 2.45) is 0 Å². The molecule has 0 spiro atoms. The Morgan fingerprint density at radius 1 is 0.957 bits per heavy atom. The second kappa shape index (κ2) is 6.60. The highest BCUT2D eigenvalue weighted by atomic mass is 16.6. The quantitative estimate of drug-likeness (QED) is 0.945.